The van der Waals surface area contributed by atoms with Crippen LogP contribution in [0.5, 0.6) is 0 Å². The number of thiophene rings is 1. The van der Waals surface area contributed by atoms with Gasteiger partial charge in [0.2, 0.25) is 10.0 Å². The normalized spacial score (nSPS) is 14.5. The number of rotatable bonds is 6. The summed E-state index contributed by atoms with van der Waals surface area (Å²) in [7, 11) is -3.77. The first-order valence-electron chi connectivity index (χ1n) is 6.71. The molecule has 3 heterocycles. The van der Waals surface area contributed by atoms with E-state index >= 15 is 0 Å². The zero-order chi connectivity index (χ0) is 16.3. The van der Waals surface area contributed by atoms with Gasteiger partial charge in [0.1, 0.15) is 10.5 Å². The molecule has 0 amide bonds. The van der Waals surface area contributed by atoms with Gasteiger partial charge in [0.05, 0.1) is 12.5 Å². The third-order valence-electron chi connectivity index (χ3n) is 3.39. The van der Waals surface area contributed by atoms with E-state index in [4.69, 9.17) is 4.42 Å². The van der Waals surface area contributed by atoms with Gasteiger partial charge < -0.3 is 9.52 Å². The van der Waals surface area contributed by atoms with Crippen LogP contribution < -0.4 is 4.72 Å². The van der Waals surface area contributed by atoms with Crippen molar-refractivity contribution in [2.75, 3.05) is 6.54 Å². The Labute approximate surface area is 137 Å². The van der Waals surface area contributed by atoms with E-state index in [1.165, 1.54) is 48.4 Å². The van der Waals surface area contributed by atoms with Crippen molar-refractivity contribution in [2.45, 2.75) is 10.5 Å². The van der Waals surface area contributed by atoms with E-state index in [9.17, 15) is 13.5 Å². The Morgan fingerprint density at radius 2 is 2.17 bits per heavy atom. The fourth-order valence-electron chi connectivity index (χ4n) is 2.13. The molecule has 1 atom stereocenters. The lowest BCUT2D eigenvalue weighted by molar-refractivity contribution is 0.0892. The van der Waals surface area contributed by atoms with Gasteiger partial charge in [-0.3, -0.25) is 4.98 Å². The number of nitrogens with zero attached hydrogens (tertiary/aromatic N) is 1. The van der Waals surface area contributed by atoms with E-state index in [1.54, 1.807) is 18.2 Å². The van der Waals surface area contributed by atoms with E-state index in [1.807, 2.05) is 5.38 Å². The van der Waals surface area contributed by atoms with E-state index in [-0.39, 0.29) is 11.4 Å². The van der Waals surface area contributed by atoms with Gasteiger partial charge in [-0.05, 0) is 29.6 Å². The molecule has 0 aromatic carbocycles. The Morgan fingerprint density at radius 3 is 2.78 bits per heavy atom. The van der Waals surface area contributed by atoms with Crippen LogP contribution in [0.3, 0.4) is 0 Å². The zero-order valence-corrected chi connectivity index (χ0v) is 13.5. The molecule has 8 heteroatoms. The van der Waals surface area contributed by atoms with Gasteiger partial charge in [0.15, 0.2) is 0 Å². The number of furan rings is 1. The largest absolute Gasteiger partial charge is 0.472 e. The predicted molar refractivity (Wildman–Crippen MR) is 85.5 cm³/mol. The number of aromatic nitrogens is 1. The number of hydrogen-bond acceptors (Lipinski definition) is 6. The SMILES string of the molecule is O=S(=O)(NC[C@@](O)(c1ccoc1)c1cccs1)c1cccnc1. The maximum absolute atomic E-state index is 12.3. The van der Waals surface area contributed by atoms with Gasteiger partial charge >= 0.3 is 0 Å². The summed E-state index contributed by atoms with van der Waals surface area (Å²) in [6.45, 7) is -0.218. The van der Waals surface area contributed by atoms with Crippen LogP contribution in [-0.2, 0) is 15.6 Å². The molecule has 0 aliphatic carbocycles. The molecule has 0 spiro atoms. The molecule has 2 N–H and O–H groups in total. The third-order valence-corrected chi connectivity index (χ3v) is 5.80. The summed E-state index contributed by atoms with van der Waals surface area (Å²) in [4.78, 5) is 4.46. The van der Waals surface area contributed by atoms with Crippen molar-refractivity contribution in [3.8, 4) is 0 Å². The van der Waals surface area contributed by atoms with Crippen molar-refractivity contribution in [3.63, 3.8) is 0 Å². The molecular weight excluding hydrogens is 336 g/mol. The first-order chi connectivity index (χ1) is 11.0. The minimum Gasteiger partial charge on any atom is -0.472 e. The number of sulfonamides is 1. The molecule has 0 radical (unpaired) electrons. The highest BCUT2D eigenvalue weighted by Gasteiger charge is 2.35. The molecule has 0 bridgehead atoms. The van der Waals surface area contributed by atoms with Crippen LogP contribution in [0.2, 0.25) is 0 Å². The van der Waals surface area contributed by atoms with Crippen LogP contribution in [0.4, 0.5) is 0 Å². The van der Waals surface area contributed by atoms with E-state index in [0.717, 1.165) is 0 Å². The van der Waals surface area contributed by atoms with Crippen LogP contribution in [0.15, 0.2) is 69.9 Å². The average Bonchev–Trinajstić information content (AvgIpc) is 3.27. The zero-order valence-electron chi connectivity index (χ0n) is 11.9. The van der Waals surface area contributed by atoms with Crippen LogP contribution in [-0.4, -0.2) is 25.1 Å². The van der Waals surface area contributed by atoms with E-state index < -0.39 is 15.6 Å². The van der Waals surface area contributed by atoms with Crippen LogP contribution in [0.1, 0.15) is 10.4 Å². The van der Waals surface area contributed by atoms with Crippen molar-refractivity contribution in [1.82, 2.24) is 9.71 Å². The minimum atomic E-state index is -3.77. The summed E-state index contributed by atoms with van der Waals surface area (Å²) >= 11 is 1.34. The molecule has 3 aromatic rings. The van der Waals surface area contributed by atoms with Crippen molar-refractivity contribution in [3.05, 3.63) is 71.1 Å². The molecule has 3 aromatic heterocycles. The Hall–Kier alpha value is -2.00. The highest BCUT2D eigenvalue weighted by molar-refractivity contribution is 7.89. The number of hydrogen-bond donors (Lipinski definition) is 2. The summed E-state index contributed by atoms with van der Waals surface area (Å²) in [5, 5.41) is 12.9. The number of pyridine rings is 1. The summed E-state index contributed by atoms with van der Waals surface area (Å²) in [6.07, 6.45) is 5.58. The molecular formula is C15H14N2O4S2. The molecule has 0 saturated heterocycles. The van der Waals surface area contributed by atoms with Crippen LogP contribution >= 0.6 is 11.3 Å². The second-order valence-corrected chi connectivity index (χ2v) is 7.58. The molecule has 3 rings (SSSR count). The summed E-state index contributed by atoms with van der Waals surface area (Å²) in [5.41, 5.74) is -1.02. The topological polar surface area (TPSA) is 92.4 Å². The fourth-order valence-corrected chi connectivity index (χ4v) is 4.00. The van der Waals surface area contributed by atoms with Gasteiger partial charge in [-0.1, -0.05) is 6.07 Å². The summed E-state index contributed by atoms with van der Waals surface area (Å²) in [5.74, 6) is 0. The monoisotopic (exact) mass is 350 g/mol. The maximum Gasteiger partial charge on any atom is 0.242 e. The van der Waals surface area contributed by atoms with Crippen LogP contribution in [0.25, 0.3) is 0 Å². The Kier molecular flexibility index (Phi) is 4.31. The van der Waals surface area contributed by atoms with E-state index in [2.05, 4.69) is 9.71 Å². The molecule has 23 heavy (non-hydrogen) atoms. The number of nitrogens with one attached hydrogen (secondary N) is 1. The smallest absolute Gasteiger partial charge is 0.242 e. The first-order valence-corrected chi connectivity index (χ1v) is 9.07. The maximum atomic E-state index is 12.3. The first kappa shape index (κ1) is 15.9. The van der Waals surface area contributed by atoms with Gasteiger partial charge in [0.25, 0.3) is 0 Å². The Bertz CT molecular complexity index is 810. The van der Waals surface area contributed by atoms with Crippen molar-refractivity contribution >= 4 is 21.4 Å². The quantitative estimate of drug-likeness (QED) is 0.709. The van der Waals surface area contributed by atoms with Crippen LogP contribution in [0, 0.1) is 0 Å². The second kappa shape index (κ2) is 6.25. The van der Waals surface area contributed by atoms with Crippen molar-refractivity contribution < 1.29 is 17.9 Å². The van der Waals surface area contributed by atoms with Crippen molar-refractivity contribution in [2.24, 2.45) is 0 Å². The molecule has 0 saturated carbocycles. The fraction of sp³-hybridized carbons (Fsp3) is 0.133. The Balaban J connectivity index is 1.89. The highest BCUT2D eigenvalue weighted by Crippen LogP contribution is 2.33. The van der Waals surface area contributed by atoms with Crippen molar-refractivity contribution in [1.29, 1.82) is 0 Å². The molecule has 6 nitrogen and oxygen atoms in total. The minimum absolute atomic E-state index is 0.0423. The second-order valence-electron chi connectivity index (χ2n) is 4.86. The Morgan fingerprint density at radius 1 is 1.30 bits per heavy atom. The molecule has 0 aliphatic rings. The molecule has 0 fully saturated rings. The number of aliphatic hydroxyl groups is 1. The van der Waals surface area contributed by atoms with Gasteiger partial charge in [-0.15, -0.1) is 11.3 Å². The third kappa shape index (κ3) is 3.20. The average molecular weight is 350 g/mol. The predicted octanol–water partition coefficient (Wildman–Crippen LogP) is 1.95. The summed E-state index contributed by atoms with van der Waals surface area (Å²) < 4.78 is 32.1. The standard InChI is InChI=1S/C15H14N2O4S2/c18-15(12-5-7-21-10-12,14-4-2-8-22-14)11-17-23(19,20)13-3-1-6-16-9-13/h1-10,17-18H,11H2/t15-/m1/s1. The molecule has 120 valence electrons. The van der Waals surface area contributed by atoms with Gasteiger partial charge in [-0.2, -0.15) is 0 Å². The van der Waals surface area contributed by atoms with Gasteiger partial charge in [0, 0.05) is 29.4 Å². The highest BCUT2D eigenvalue weighted by atomic mass is 32.2. The molecule has 0 unspecified atom stereocenters. The van der Waals surface area contributed by atoms with E-state index in [0.29, 0.717) is 10.4 Å². The lowest BCUT2D eigenvalue weighted by Gasteiger charge is -2.26. The van der Waals surface area contributed by atoms with Gasteiger partial charge in [-0.25, -0.2) is 13.1 Å². The molecule has 0 aliphatic heterocycles. The summed E-state index contributed by atoms with van der Waals surface area (Å²) in [6, 6.07) is 8.13. The lowest BCUT2D eigenvalue weighted by atomic mass is 9.95. The lowest BCUT2D eigenvalue weighted by Crippen LogP contribution is -2.40.